The van der Waals surface area contributed by atoms with Crippen molar-refractivity contribution in [2.75, 3.05) is 39.5 Å². The quantitative estimate of drug-likeness (QED) is 0.492. The number of benzene rings is 1. The first-order valence-corrected chi connectivity index (χ1v) is 11.4. The van der Waals surface area contributed by atoms with Crippen LogP contribution in [0.3, 0.4) is 0 Å². The summed E-state index contributed by atoms with van der Waals surface area (Å²) in [6.07, 6.45) is 0.862. The number of epoxide rings is 1. The van der Waals surface area contributed by atoms with Crippen molar-refractivity contribution < 1.29 is 23.9 Å². The largest absolute Gasteiger partial charge is 0.379 e. The number of amides is 2. The first-order chi connectivity index (χ1) is 15.3. The molecule has 32 heavy (non-hydrogen) atoms. The number of Topliss-reactive ketones (excluding diaryl/α,β-unsaturated/α-hetero) is 1. The lowest BCUT2D eigenvalue weighted by Crippen LogP contribution is -2.55. The molecule has 8 heteroatoms. The topological polar surface area (TPSA) is 100 Å². The molecule has 2 saturated heterocycles. The zero-order valence-electron chi connectivity index (χ0n) is 19.3. The van der Waals surface area contributed by atoms with Gasteiger partial charge >= 0.3 is 0 Å². The smallest absolute Gasteiger partial charge is 0.243 e. The van der Waals surface area contributed by atoms with Crippen molar-refractivity contribution in [2.45, 2.75) is 51.3 Å². The number of ketones is 1. The van der Waals surface area contributed by atoms with Crippen LogP contribution in [-0.2, 0) is 30.3 Å². The standard InChI is InChI=1S/C24H35N3O5/c1-17(2)13-19(22(29)24(3)16-32-24)26-23(30)20(14-18-7-5-4-6-8-18)25-21(28)15-27-9-11-31-12-10-27/h4-8,17,19-20H,9-16H2,1-3H3,(H,25,28)(H,26,30)/t19-,20-,24+/m0/s1. The van der Waals surface area contributed by atoms with E-state index in [0.29, 0.717) is 45.8 Å². The number of carbonyl (C=O) groups excluding carboxylic acids is 3. The first kappa shape index (κ1) is 24.4. The number of ether oxygens (including phenoxy) is 2. The summed E-state index contributed by atoms with van der Waals surface area (Å²) in [4.78, 5) is 40.9. The predicted octanol–water partition coefficient (Wildman–Crippen LogP) is 0.935. The van der Waals surface area contributed by atoms with E-state index in [1.807, 2.05) is 49.1 Å². The minimum absolute atomic E-state index is 0.113. The SMILES string of the molecule is CC(C)C[C@H](NC(=O)[C@H](Cc1ccccc1)NC(=O)CN1CCOCC1)C(=O)[C@@]1(C)CO1. The second-order valence-corrected chi connectivity index (χ2v) is 9.27. The summed E-state index contributed by atoms with van der Waals surface area (Å²) in [6.45, 7) is 8.92. The number of hydrogen-bond acceptors (Lipinski definition) is 6. The number of nitrogens with one attached hydrogen (secondary N) is 2. The van der Waals surface area contributed by atoms with E-state index in [-0.39, 0.29) is 30.1 Å². The summed E-state index contributed by atoms with van der Waals surface area (Å²) in [5.74, 6) is -0.465. The molecule has 176 valence electrons. The maximum Gasteiger partial charge on any atom is 0.243 e. The summed E-state index contributed by atoms with van der Waals surface area (Å²) >= 11 is 0. The maximum absolute atomic E-state index is 13.3. The highest BCUT2D eigenvalue weighted by Gasteiger charge is 2.50. The predicted molar refractivity (Wildman–Crippen MR) is 120 cm³/mol. The summed E-state index contributed by atoms with van der Waals surface area (Å²) in [7, 11) is 0. The fourth-order valence-corrected chi connectivity index (χ4v) is 3.86. The van der Waals surface area contributed by atoms with Gasteiger partial charge in [0, 0.05) is 19.5 Å². The highest BCUT2D eigenvalue weighted by atomic mass is 16.6. The van der Waals surface area contributed by atoms with Gasteiger partial charge in [-0.1, -0.05) is 44.2 Å². The van der Waals surface area contributed by atoms with Crippen LogP contribution < -0.4 is 10.6 Å². The Balaban J connectivity index is 1.69. The number of hydrogen-bond donors (Lipinski definition) is 2. The lowest BCUT2D eigenvalue weighted by molar-refractivity contribution is -0.133. The molecule has 2 amide bonds. The molecule has 8 nitrogen and oxygen atoms in total. The van der Waals surface area contributed by atoms with E-state index in [1.54, 1.807) is 6.92 Å². The fraction of sp³-hybridized carbons (Fsp3) is 0.625. The van der Waals surface area contributed by atoms with Crippen LogP contribution >= 0.6 is 0 Å². The molecule has 0 radical (unpaired) electrons. The minimum atomic E-state index is -0.818. The molecule has 0 saturated carbocycles. The van der Waals surface area contributed by atoms with Crippen molar-refractivity contribution in [3.63, 3.8) is 0 Å². The third-order valence-electron chi connectivity index (χ3n) is 5.84. The lowest BCUT2D eigenvalue weighted by Gasteiger charge is -2.28. The number of rotatable bonds is 11. The zero-order chi connectivity index (χ0) is 23.1. The van der Waals surface area contributed by atoms with Crippen LogP contribution in [0.2, 0.25) is 0 Å². The molecular formula is C24H35N3O5. The first-order valence-electron chi connectivity index (χ1n) is 11.4. The van der Waals surface area contributed by atoms with E-state index in [4.69, 9.17) is 9.47 Å². The fourth-order valence-electron chi connectivity index (χ4n) is 3.86. The summed E-state index contributed by atoms with van der Waals surface area (Å²) < 4.78 is 10.7. The molecule has 0 bridgehead atoms. The van der Waals surface area contributed by atoms with Gasteiger partial charge in [-0.3, -0.25) is 19.3 Å². The van der Waals surface area contributed by atoms with Gasteiger partial charge in [-0.25, -0.2) is 0 Å². The van der Waals surface area contributed by atoms with Gasteiger partial charge in [0.1, 0.15) is 11.6 Å². The van der Waals surface area contributed by atoms with Crippen LogP contribution in [0.4, 0.5) is 0 Å². The Kier molecular flexibility index (Phi) is 8.39. The van der Waals surface area contributed by atoms with Crippen molar-refractivity contribution in [3.05, 3.63) is 35.9 Å². The van der Waals surface area contributed by atoms with Gasteiger partial charge in [-0.2, -0.15) is 0 Å². The molecule has 2 heterocycles. The summed E-state index contributed by atoms with van der Waals surface area (Å²) in [5, 5.41) is 5.80. The van der Waals surface area contributed by atoms with E-state index in [9.17, 15) is 14.4 Å². The van der Waals surface area contributed by atoms with E-state index < -0.39 is 17.7 Å². The van der Waals surface area contributed by atoms with Gasteiger partial charge in [-0.15, -0.1) is 0 Å². The molecule has 0 aromatic heterocycles. The minimum Gasteiger partial charge on any atom is -0.379 e. The second-order valence-electron chi connectivity index (χ2n) is 9.27. The Hall–Kier alpha value is -2.29. The Labute approximate surface area is 190 Å². The molecule has 0 aliphatic carbocycles. The number of morpholine rings is 1. The van der Waals surface area contributed by atoms with Gasteiger partial charge in [0.15, 0.2) is 5.78 Å². The molecule has 0 unspecified atom stereocenters. The highest BCUT2D eigenvalue weighted by Crippen LogP contribution is 2.29. The third-order valence-corrected chi connectivity index (χ3v) is 5.84. The van der Waals surface area contributed by atoms with Gasteiger partial charge in [0.25, 0.3) is 0 Å². The Morgan fingerprint density at radius 2 is 1.72 bits per heavy atom. The normalized spacial score (nSPS) is 22.8. The van der Waals surface area contributed by atoms with Crippen molar-refractivity contribution in [2.24, 2.45) is 5.92 Å². The van der Waals surface area contributed by atoms with Crippen LogP contribution in [0.5, 0.6) is 0 Å². The van der Waals surface area contributed by atoms with Gasteiger partial charge < -0.3 is 20.1 Å². The molecule has 1 aromatic rings. The van der Waals surface area contributed by atoms with Crippen molar-refractivity contribution >= 4 is 17.6 Å². The lowest BCUT2D eigenvalue weighted by atomic mass is 9.93. The van der Waals surface area contributed by atoms with Gasteiger partial charge in [-0.05, 0) is 24.8 Å². The van der Waals surface area contributed by atoms with Crippen LogP contribution in [0.25, 0.3) is 0 Å². The Morgan fingerprint density at radius 3 is 2.31 bits per heavy atom. The zero-order valence-corrected chi connectivity index (χ0v) is 19.3. The molecule has 3 rings (SSSR count). The van der Waals surface area contributed by atoms with Crippen LogP contribution in [0, 0.1) is 5.92 Å². The number of nitrogens with zero attached hydrogens (tertiary/aromatic N) is 1. The molecule has 3 atom stereocenters. The van der Waals surface area contributed by atoms with E-state index in [1.165, 1.54) is 0 Å². The maximum atomic E-state index is 13.3. The van der Waals surface area contributed by atoms with E-state index >= 15 is 0 Å². The molecule has 2 aliphatic heterocycles. The Morgan fingerprint density at radius 1 is 1.06 bits per heavy atom. The van der Waals surface area contributed by atoms with E-state index in [0.717, 1.165) is 5.56 Å². The molecule has 2 fully saturated rings. The van der Waals surface area contributed by atoms with Crippen molar-refractivity contribution in [1.29, 1.82) is 0 Å². The highest BCUT2D eigenvalue weighted by molar-refractivity contribution is 5.98. The monoisotopic (exact) mass is 445 g/mol. The van der Waals surface area contributed by atoms with Crippen molar-refractivity contribution in [3.8, 4) is 0 Å². The van der Waals surface area contributed by atoms with Gasteiger partial charge in [0.2, 0.25) is 11.8 Å². The van der Waals surface area contributed by atoms with Gasteiger partial charge in [0.05, 0.1) is 32.4 Å². The second kappa shape index (κ2) is 11.0. The average Bonchev–Trinajstić information content (AvgIpc) is 3.52. The van der Waals surface area contributed by atoms with Crippen LogP contribution in [0.15, 0.2) is 30.3 Å². The number of carbonyl (C=O) groups is 3. The van der Waals surface area contributed by atoms with E-state index in [2.05, 4.69) is 10.6 Å². The van der Waals surface area contributed by atoms with Crippen LogP contribution in [0.1, 0.15) is 32.8 Å². The average molecular weight is 446 g/mol. The van der Waals surface area contributed by atoms with Crippen molar-refractivity contribution in [1.82, 2.24) is 15.5 Å². The molecular weight excluding hydrogens is 410 g/mol. The Bertz CT molecular complexity index is 788. The third kappa shape index (κ3) is 7.12. The summed E-state index contributed by atoms with van der Waals surface area (Å²) in [5.41, 5.74) is 0.116. The molecule has 2 aliphatic rings. The molecule has 0 spiro atoms. The molecule has 1 aromatic carbocycles. The molecule has 2 N–H and O–H groups in total. The summed E-state index contributed by atoms with van der Waals surface area (Å²) in [6, 6.07) is 8.12. The van der Waals surface area contributed by atoms with Crippen LogP contribution in [-0.4, -0.2) is 79.6 Å².